The Morgan fingerprint density at radius 1 is 1.47 bits per heavy atom. The van der Waals surface area contributed by atoms with Gasteiger partial charge < -0.3 is 10.3 Å². The number of nitrogens with two attached hydrogens (primary N) is 1. The molecule has 2 rings (SSSR count). The molecule has 0 spiro atoms. The summed E-state index contributed by atoms with van der Waals surface area (Å²) in [6.07, 6.45) is 3.58. The quantitative estimate of drug-likeness (QED) is 0.823. The highest BCUT2D eigenvalue weighted by Crippen LogP contribution is 2.38. The Hall–Kier alpha value is -0.900. The van der Waals surface area contributed by atoms with Gasteiger partial charge in [-0.25, -0.2) is 0 Å². The van der Waals surface area contributed by atoms with Crippen LogP contribution in [0.15, 0.2) is 0 Å². The SMILES string of the molecule is CC[C@H](C)[C@H](N)c1nnc(C)n1C1CC1. The van der Waals surface area contributed by atoms with Crippen LogP contribution < -0.4 is 5.73 Å². The van der Waals surface area contributed by atoms with Crippen LogP contribution in [0.5, 0.6) is 0 Å². The monoisotopic (exact) mass is 208 g/mol. The molecule has 2 N–H and O–H groups in total. The first-order chi connectivity index (χ1) is 7.15. The van der Waals surface area contributed by atoms with E-state index in [0.29, 0.717) is 12.0 Å². The molecule has 1 aliphatic carbocycles. The first kappa shape index (κ1) is 10.6. The second-order valence-corrected chi connectivity index (χ2v) is 4.62. The van der Waals surface area contributed by atoms with E-state index >= 15 is 0 Å². The standard InChI is InChI=1S/C11H20N4/c1-4-7(2)10(12)11-14-13-8(3)15(11)9-5-6-9/h7,9-10H,4-6,12H2,1-3H3/t7-,10-/m0/s1. The lowest BCUT2D eigenvalue weighted by Crippen LogP contribution is -2.23. The molecule has 1 heterocycles. The van der Waals surface area contributed by atoms with E-state index in [2.05, 4.69) is 28.6 Å². The maximum absolute atomic E-state index is 6.21. The summed E-state index contributed by atoms with van der Waals surface area (Å²) < 4.78 is 2.23. The first-order valence-electron chi connectivity index (χ1n) is 5.82. The number of aromatic nitrogens is 3. The predicted molar refractivity (Wildman–Crippen MR) is 59.4 cm³/mol. The summed E-state index contributed by atoms with van der Waals surface area (Å²) in [4.78, 5) is 0. The number of rotatable bonds is 4. The van der Waals surface area contributed by atoms with Gasteiger partial charge in [0.1, 0.15) is 5.82 Å². The van der Waals surface area contributed by atoms with Gasteiger partial charge in [-0.15, -0.1) is 10.2 Å². The van der Waals surface area contributed by atoms with Gasteiger partial charge in [0.05, 0.1) is 6.04 Å². The number of nitrogens with zero attached hydrogens (tertiary/aromatic N) is 3. The van der Waals surface area contributed by atoms with Crippen LogP contribution in [0.2, 0.25) is 0 Å². The second-order valence-electron chi connectivity index (χ2n) is 4.62. The molecule has 2 atom stereocenters. The highest BCUT2D eigenvalue weighted by atomic mass is 15.3. The summed E-state index contributed by atoms with van der Waals surface area (Å²) in [6, 6.07) is 0.641. The van der Waals surface area contributed by atoms with Crippen molar-refractivity contribution in [1.29, 1.82) is 0 Å². The largest absolute Gasteiger partial charge is 0.321 e. The van der Waals surface area contributed by atoms with Gasteiger partial charge in [0, 0.05) is 6.04 Å². The maximum Gasteiger partial charge on any atom is 0.150 e. The minimum atomic E-state index is 0.0248. The van der Waals surface area contributed by atoms with E-state index in [-0.39, 0.29) is 6.04 Å². The molecule has 0 saturated heterocycles. The lowest BCUT2D eigenvalue weighted by Gasteiger charge is -2.18. The van der Waals surface area contributed by atoms with Crippen LogP contribution in [0.3, 0.4) is 0 Å². The van der Waals surface area contributed by atoms with Gasteiger partial charge in [-0.2, -0.15) is 0 Å². The fraction of sp³-hybridized carbons (Fsp3) is 0.818. The molecule has 4 nitrogen and oxygen atoms in total. The number of hydrogen-bond acceptors (Lipinski definition) is 3. The van der Waals surface area contributed by atoms with Crippen molar-refractivity contribution in [3.05, 3.63) is 11.6 Å². The molecule has 0 unspecified atom stereocenters. The zero-order chi connectivity index (χ0) is 11.0. The zero-order valence-corrected chi connectivity index (χ0v) is 9.77. The van der Waals surface area contributed by atoms with Crippen molar-refractivity contribution in [3.8, 4) is 0 Å². The Labute approximate surface area is 90.9 Å². The average Bonchev–Trinajstić information content (AvgIpc) is 3.00. The first-order valence-corrected chi connectivity index (χ1v) is 5.82. The third kappa shape index (κ3) is 1.91. The van der Waals surface area contributed by atoms with Gasteiger partial charge in [-0.1, -0.05) is 20.3 Å². The summed E-state index contributed by atoms with van der Waals surface area (Å²) in [5.41, 5.74) is 6.21. The van der Waals surface area contributed by atoms with E-state index in [0.717, 1.165) is 18.1 Å². The van der Waals surface area contributed by atoms with E-state index in [1.165, 1.54) is 12.8 Å². The third-order valence-electron chi connectivity index (χ3n) is 3.36. The van der Waals surface area contributed by atoms with E-state index in [1.54, 1.807) is 0 Å². The van der Waals surface area contributed by atoms with Gasteiger partial charge in [-0.05, 0) is 25.7 Å². The molecule has 84 valence electrons. The molecule has 1 aliphatic rings. The van der Waals surface area contributed by atoms with Crippen LogP contribution in [0.4, 0.5) is 0 Å². The van der Waals surface area contributed by atoms with Gasteiger partial charge in [0.15, 0.2) is 5.82 Å². The second kappa shape index (κ2) is 3.93. The normalized spacial score (nSPS) is 20.3. The molecule has 1 aromatic heterocycles. The van der Waals surface area contributed by atoms with Crippen molar-refractivity contribution in [2.24, 2.45) is 11.7 Å². The van der Waals surface area contributed by atoms with E-state index in [9.17, 15) is 0 Å². The molecule has 0 amide bonds. The Balaban J connectivity index is 2.26. The summed E-state index contributed by atoms with van der Waals surface area (Å²) in [5, 5.41) is 8.38. The van der Waals surface area contributed by atoms with E-state index < -0.39 is 0 Å². The van der Waals surface area contributed by atoms with Crippen LogP contribution in [0.1, 0.15) is 56.8 Å². The highest BCUT2D eigenvalue weighted by Gasteiger charge is 2.31. The van der Waals surface area contributed by atoms with Crippen molar-refractivity contribution in [2.45, 2.75) is 52.1 Å². The minimum Gasteiger partial charge on any atom is -0.321 e. The topological polar surface area (TPSA) is 56.7 Å². The van der Waals surface area contributed by atoms with Gasteiger partial charge in [-0.3, -0.25) is 0 Å². The lowest BCUT2D eigenvalue weighted by atomic mass is 9.99. The molecule has 1 saturated carbocycles. The number of aryl methyl sites for hydroxylation is 1. The molecule has 15 heavy (non-hydrogen) atoms. The van der Waals surface area contributed by atoms with Crippen molar-refractivity contribution in [3.63, 3.8) is 0 Å². The van der Waals surface area contributed by atoms with Crippen molar-refractivity contribution < 1.29 is 0 Å². The summed E-state index contributed by atoms with van der Waals surface area (Å²) in [5.74, 6) is 2.45. The van der Waals surface area contributed by atoms with Crippen molar-refractivity contribution >= 4 is 0 Å². The molecule has 0 aliphatic heterocycles. The Kier molecular flexibility index (Phi) is 2.78. The summed E-state index contributed by atoms with van der Waals surface area (Å²) in [6.45, 7) is 6.35. The van der Waals surface area contributed by atoms with Crippen LogP contribution >= 0.6 is 0 Å². The molecule has 4 heteroatoms. The van der Waals surface area contributed by atoms with E-state index in [1.807, 2.05) is 6.92 Å². The van der Waals surface area contributed by atoms with Crippen LogP contribution in [0.25, 0.3) is 0 Å². The smallest absolute Gasteiger partial charge is 0.150 e. The van der Waals surface area contributed by atoms with E-state index in [4.69, 9.17) is 5.73 Å². The van der Waals surface area contributed by atoms with Crippen LogP contribution in [-0.4, -0.2) is 14.8 Å². The van der Waals surface area contributed by atoms with Gasteiger partial charge >= 0.3 is 0 Å². The Morgan fingerprint density at radius 3 is 2.67 bits per heavy atom. The highest BCUT2D eigenvalue weighted by molar-refractivity contribution is 5.06. The van der Waals surface area contributed by atoms with Crippen LogP contribution in [0, 0.1) is 12.8 Å². The Bertz CT molecular complexity index is 340. The van der Waals surface area contributed by atoms with Gasteiger partial charge in [0.25, 0.3) is 0 Å². The van der Waals surface area contributed by atoms with Crippen molar-refractivity contribution in [2.75, 3.05) is 0 Å². The minimum absolute atomic E-state index is 0.0248. The molecule has 0 radical (unpaired) electrons. The summed E-state index contributed by atoms with van der Waals surface area (Å²) in [7, 11) is 0. The molecule has 0 bridgehead atoms. The van der Waals surface area contributed by atoms with Gasteiger partial charge in [0.2, 0.25) is 0 Å². The molecule has 0 aromatic carbocycles. The van der Waals surface area contributed by atoms with Crippen LogP contribution in [-0.2, 0) is 0 Å². The zero-order valence-electron chi connectivity index (χ0n) is 9.77. The fourth-order valence-electron chi connectivity index (χ4n) is 1.91. The third-order valence-corrected chi connectivity index (χ3v) is 3.36. The lowest BCUT2D eigenvalue weighted by molar-refractivity contribution is 0.421. The molecule has 1 aromatic rings. The molecular weight excluding hydrogens is 188 g/mol. The summed E-state index contributed by atoms with van der Waals surface area (Å²) >= 11 is 0. The fourth-order valence-corrected chi connectivity index (χ4v) is 1.91. The average molecular weight is 208 g/mol. The predicted octanol–water partition coefficient (Wildman–Crippen LogP) is 1.97. The Morgan fingerprint density at radius 2 is 2.13 bits per heavy atom. The molecular formula is C11H20N4. The number of hydrogen-bond donors (Lipinski definition) is 1. The molecule has 1 fully saturated rings. The van der Waals surface area contributed by atoms with Crippen molar-refractivity contribution in [1.82, 2.24) is 14.8 Å². The maximum atomic E-state index is 6.21.